The van der Waals surface area contributed by atoms with Gasteiger partial charge in [0.05, 0.1) is 6.10 Å². The summed E-state index contributed by atoms with van der Waals surface area (Å²) in [6.07, 6.45) is 1.97. The third kappa shape index (κ3) is 7.42. The van der Waals surface area contributed by atoms with Crippen molar-refractivity contribution >= 4 is 26.0 Å². The number of sulfonamides is 1. The van der Waals surface area contributed by atoms with E-state index in [-0.39, 0.29) is 18.6 Å². The van der Waals surface area contributed by atoms with Gasteiger partial charge in [0.2, 0.25) is 10.0 Å². The number of halogens is 2. The van der Waals surface area contributed by atoms with Gasteiger partial charge in [0.15, 0.2) is 0 Å². The highest BCUT2D eigenvalue weighted by molar-refractivity contribution is 9.10. The Labute approximate surface area is 187 Å². The van der Waals surface area contributed by atoms with Crippen LogP contribution in [0.15, 0.2) is 57.9 Å². The van der Waals surface area contributed by atoms with Crippen LogP contribution in [0.3, 0.4) is 0 Å². The number of nitrogens with zero attached hydrogens (tertiary/aromatic N) is 1. The molecule has 5 nitrogen and oxygen atoms in total. The lowest BCUT2D eigenvalue weighted by molar-refractivity contribution is 0.138. The smallest absolute Gasteiger partial charge is 0.245 e. The molecule has 0 unspecified atom stereocenters. The minimum Gasteiger partial charge on any atom is -0.390 e. The van der Waals surface area contributed by atoms with E-state index < -0.39 is 26.8 Å². The first-order valence-electron chi connectivity index (χ1n) is 9.90. The summed E-state index contributed by atoms with van der Waals surface area (Å²) in [6, 6.07) is 14.1. The Balaban J connectivity index is 1.84. The fourth-order valence-electron chi connectivity index (χ4n) is 3.17. The fourth-order valence-corrected chi connectivity index (χ4v) is 4.76. The number of aliphatic hydroxyl groups excluding tert-OH is 1. The Kier molecular flexibility index (Phi) is 8.99. The van der Waals surface area contributed by atoms with E-state index in [4.69, 9.17) is 0 Å². The van der Waals surface area contributed by atoms with Gasteiger partial charge in [-0.05, 0) is 56.9 Å². The second-order valence-electron chi connectivity index (χ2n) is 8.12. The van der Waals surface area contributed by atoms with Gasteiger partial charge in [-0.1, -0.05) is 46.3 Å². The summed E-state index contributed by atoms with van der Waals surface area (Å²) in [4.78, 5) is -0.408. The normalized spacial score (nSPS) is 13.6. The number of benzene rings is 2. The molecule has 0 heterocycles. The van der Waals surface area contributed by atoms with Crippen molar-refractivity contribution in [2.75, 3.05) is 20.1 Å². The molecule has 2 aromatic carbocycles. The molecule has 0 bridgehead atoms. The van der Waals surface area contributed by atoms with Gasteiger partial charge in [0.1, 0.15) is 10.7 Å². The standard InChI is InChI=1S/C22H30BrFN2O3S/c1-22(2,13-7-10-17-8-5-4-6-9-17)25-15-19(27)16-26(3)30(28,29)21-12-11-18(23)14-20(21)24/h4-6,8-9,11-12,14,19,25,27H,7,10,13,15-16H2,1-3H3/t19-/m1/s1. The summed E-state index contributed by atoms with van der Waals surface area (Å²) in [6.45, 7) is 4.22. The number of hydrogen-bond acceptors (Lipinski definition) is 4. The summed E-state index contributed by atoms with van der Waals surface area (Å²) in [5.41, 5.74) is 1.09. The van der Waals surface area contributed by atoms with E-state index in [1.54, 1.807) is 0 Å². The maximum absolute atomic E-state index is 14.1. The Morgan fingerprint density at radius 2 is 1.87 bits per heavy atom. The van der Waals surface area contributed by atoms with Crippen LogP contribution in [-0.2, 0) is 16.4 Å². The minimum absolute atomic E-state index is 0.134. The molecule has 0 saturated carbocycles. The molecule has 166 valence electrons. The monoisotopic (exact) mass is 500 g/mol. The van der Waals surface area contributed by atoms with Crippen LogP contribution in [0.5, 0.6) is 0 Å². The Morgan fingerprint density at radius 3 is 2.50 bits per heavy atom. The Hall–Kier alpha value is -1.32. The van der Waals surface area contributed by atoms with Crippen LogP contribution in [0.2, 0.25) is 0 Å². The zero-order valence-corrected chi connectivity index (χ0v) is 20.0. The minimum atomic E-state index is -4.03. The molecule has 1 atom stereocenters. The summed E-state index contributed by atoms with van der Waals surface area (Å²) in [5, 5.41) is 13.6. The first-order chi connectivity index (χ1) is 14.0. The molecule has 0 aliphatic rings. The molecule has 2 rings (SSSR count). The maximum Gasteiger partial charge on any atom is 0.245 e. The van der Waals surface area contributed by atoms with Gasteiger partial charge < -0.3 is 10.4 Å². The quantitative estimate of drug-likeness (QED) is 0.489. The number of β-amino-alcohol motifs (C(OH)–C–C–N with tert-alkyl or cyclic N) is 1. The van der Waals surface area contributed by atoms with Crippen molar-refractivity contribution in [2.24, 2.45) is 0 Å². The SMILES string of the molecule is CN(C[C@H](O)CNC(C)(C)CCCc1ccccc1)S(=O)(=O)c1ccc(Br)cc1F. The highest BCUT2D eigenvalue weighted by atomic mass is 79.9. The van der Waals surface area contributed by atoms with E-state index >= 15 is 0 Å². The second-order valence-corrected chi connectivity index (χ2v) is 11.0. The molecule has 0 amide bonds. The molecule has 8 heteroatoms. The summed E-state index contributed by atoms with van der Waals surface area (Å²) in [5.74, 6) is -0.830. The second kappa shape index (κ2) is 10.8. The molecule has 0 aliphatic heterocycles. The third-order valence-electron chi connectivity index (χ3n) is 4.98. The van der Waals surface area contributed by atoms with Crippen molar-refractivity contribution in [3.05, 3.63) is 64.4 Å². The van der Waals surface area contributed by atoms with E-state index in [2.05, 4.69) is 47.2 Å². The lowest BCUT2D eigenvalue weighted by atomic mass is 9.95. The van der Waals surface area contributed by atoms with Gasteiger partial charge in [0, 0.05) is 30.1 Å². The van der Waals surface area contributed by atoms with Crippen LogP contribution in [0.25, 0.3) is 0 Å². The van der Waals surface area contributed by atoms with Gasteiger partial charge in [-0.15, -0.1) is 0 Å². The van der Waals surface area contributed by atoms with E-state index in [1.807, 2.05) is 18.2 Å². The average Bonchev–Trinajstić information content (AvgIpc) is 2.67. The zero-order chi connectivity index (χ0) is 22.4. The van der Waals surface area contributed by atoms with Gasteiger partial charge in [-0.3, -0.25) is 0 Å². The van der Waals surface area contributed by atoms with Crippen LogP contribution in [0.4, 0.5) is 4.39 Å². The van der Waals surface area contributed by atoms with Crippen molar-refractivity contribution < 1.29 is 17.9 Å². The first-order valence-corrected chi connectivity index (χ1v) is 12.1. The van der Waals surface area contributed by atoms with Crippen molar-refractivity contribution in [1.82, 2.24) is 9.62 Å². The summed E-state index contributed by atoms with van der Waals surface area (Å²) < 4.78 is 40.7. The maximum atomic E-state index is 14.1. The van der Waals surface area contributed by atoms with Gasteiger partial charge in [-0.2, -0.15) is 4.31 Å². The van der Waals surface area contributed by atoms with E-state index in [9.17, 15) is 17.9 Å². The Bertz CT molecular complexity index is 923. The van der Waals surface area contributed by atoms with Gasteiger partial charge in [0.25, 0.3) is 0 Å². The van der Waals surface area contributed by atoms with Crippen molar-refractivity contribution in [2.45, 2.75) is 49.6 Å². The molecular weight excluding hydrogens is 471 g/mol. The topological polar surface area (TPSA) is 69.6 Å². The van der Waals surface area contributed by atoms with E-state index in [0.717, 1.165) is 29.6 Å². The van der Waals surface area contributed by atoms with Crippen LogP contribution < -0.4 is 5.32 Å². The number of aliphatic hydroxyl groups is 1. The van der Waals surface area contributed by atoms with Crippen molar-refractivity contribution in [3.8, 4) is 0 Å². The van der Waals surface area contributed by atoms with Crippen LogP contribution in [0.1, 0.15) is 32.3 Å². The first kappa shape index (κ1) is 24.9. The largest absolute Gasteiger partial charge is 0.390 e. The number of hydrogen-bond donors (Lipinski definition) is 2. The summed E-state index contributed by atoms with van der Waals surface area (Å²) in [7, 11) is -2.69. The molecule has 0 aromatic heterocycles. The molecule has 0 fully saturated rings. The highest BCUT2D eigenvalue weighted by Gasteiger charge is 2.27. The Morgan fingerprint density at radius 1 is 1.20 bits per heavy atom. The predicted molar refractivity (Wildman–Crippen MR) is 121 cm³/mol. The predicted octanol–water partition coefficient (Wildman–Crippen LogP) is 3.96. The molecule has 0 aliphatic carbocycles. The lowest BCUT2D eigenvalue weighted by Crippen LogP contribution is -2.46. The van der Waals surface area contributed by atoms with Gasteiger partial charge in [-0.25, -0.2) is 12.8 Å². The lowest BCUT2D eigenvalue weighted by Gasteiger charge is -2.29. The van der Waals surface area contributed by atoms with E-state index in [0.29, 0.717) is 4.47 Å². The van der Waals surface area contributed by atoms with Gasteiger partial charge >= 0.3 is 0 Å². The molecule has 0 spiro atoms. The molecule has 2 N–H and O–H groups in total. The number of aryl methyl sites for hydroxylation is 1. The fraction of sp³-hybridized carbons (Fsp3) is 0.455. The molecule has 30 heavy (non-hydrogen) atoms. The molecule has 2 aromatic rings. The molecule has 0 saturated heterocycles. The zero-order valence-electron chi connectivity index (χ0n) is 17.6. The number of nitrogens with one attached hydrogen (secondary N) is 1. The van der Waals surface area contributed by atoms with Crippen LogP contribution >= 0.6 is 15.9 Å². The van der Waals surface area contributed by atoms with E-state index in [1.165, 1.54) is 24.7 Å². The van der Waals surface area contributed by atoms with Crippen molar-refractivity contribution in [1.29, 1.82) is 0 Å². The highest BCUT2D eigenvalue weighted by Crippen LogP contribution is 2.22. The summed E-state index contributed by atoms with van der Waals surface area (Å²) >= 11 is 3.11. The number of likely N-dealkylation sites (N-methyl/N-ethyl adjacent to an activating group) is 1. The third-order valence-corrected chi connectivity index (χ3v) is 7.33. The average molecular weight is 501 g/mol. The van der Waals surface area contributed by atoms with Crippen molar-refractivity contribution in [3.63, 3.8) is 0 Å². The van der Waals surface area contributed by atoms with Crippen LogP contribution in [0, 0.1) is 5.82 Å². The number of rotatable bonds is 11. The molecular formula is C22H30BrFN2O3S. The molecule has 0 radical (unpaired) electrons. The van der Waals surface area contributed by atoms with Crippen LogP contribution in [-0.4, -0.2) is 49.6 Å².